The highest BCUT2D eigenvalue weighted by atomic mass is 35.5. The van der Waals surface area contributed by atoms with Crippen molar-refractivity contribution in [3.05, 3.63) is 129 Å². The van der Waals surface area contributed by atoms with Crippen molar-refractivity contribution in [3.8, 4) is 0 Å². The molecular weight excluding hydrogens is 629 g/mol. The fourth-order valence-corrected chi connectivity index (χ4v) is 6.85. The molecule has 4 rings (SSSR count). The van der Waals surface area contributed by atoms with E-state index in [0.717, 1.165) is 9.87 Å². The van der Waals surface area contributed by atoms with Crippen LogP contribution in [-0.4, -0.2) is 44.3 Å². The molecule has 0 bridgehead atoms. The normalized spacial score (nSPS) is 11.9. The number of likely N-dealkylation sites (N-methyl/N-ethyl adjacent to an activating group) is 1. The lowest BCUT2D eigenvalue weighted by Gasteiger charge is -2.34. The molecule has 0 saturated heterocycles. The van der Waals surface area contributed by atoms with E-state index in [1.165, 1.54) is 23.1 Å². The molecule has 4 aromatic carbocycles. The summed E-state index contributed by atoms with van der Waals surface area (Å²) in [4.78, 5) is 29.3. The van der Waals surface area contributed by atoms with E-state index < -0.39 is 34.4 Å². The highest BCUT2D eigenvalue weighted by molar-refractivity contribution is 7.92. The highest BCUT2D eigenvalue weighted by Crippen LogP contribution is 2.32. The van der Waals surface area contributed by atoms with Gasteiger partial charge in [0.15, 0.2) is 0 Å². The Hall–Kier alpha value is -3.56. The summed E-state index contributed by atoms with van der Waals surface area (Å²) < 4.78 is 28.9. The predicted molar refractivity (Wildman–Crippen MR) is 172 cm³/mol. The average Bonchev–Trinajstić information content (AvgIpc) is 3.00. The third kappa shape index (κ3) is 7.89. The number of carbonyl (C=O) groups excluding carboxylic acids is 2. The quantitative estimate of drug-likeness (QED) is 0.185. The summed E-state index contributed by atoms with van der Waals surface area (Å²) in [7, 11) is -4.26. The number of halogens is 3. The molecule has 1 atom stereocenters. The van der Waals surface area contributed by atoms with E-state index in [-0.39, 0.29) is 28.6 Å². The first-order valence-corrected chi connectivity index (χ1v) is 16.1. The van der Waals surface area contributed by atoms with Crippen LogP contribution >= 0.6 is 34.8 Å². The van der Waals surface area contributed by atoms with Crippen LogP contribution in [0.15, 0.2) is 108 Å². The maximum atomic E-state index is 14.4. The maximum Gasteiger partial charge on any atom is 0.264 e. The van der Waals surface area contributed by atoms with E-state index in [4.69, 9.17) is 34.8 Å². The van der Waals surface area contributed by atoms with Gasteiger partial charge >= 0.3 is 0 Å². The lowest BCUT2D eigenvalue weighted by Crippen LogP contribution is -2.53. The summed E-state index contributed by atoms with van der Waals surface area (Å²) in [5, 5.41) is 3.56. The molecule has 0 aliphatic rings. The van der Waals surface area contributed by atoms with Gasteiger partial charge in [0.1, 0.15) is 12.6 Å². The molecule has 0 saturated carbocycles. The van der Waals surface area contributed by atoms with Gasteiger partial charge in [0, 0.05) is 35.1 Å². The summed E-state index contributed by atoms with van der Waals surface area (Å²) in [6.07, 6.45) is 0.165. The molecule has 0 spiro atoms. The van der Waals surface area contributed by atoms with Crippen LogP contribution in [0.5, 0.6) is 0 Å². The Balaban J connectivity index is 1.83. The summed E-state index contributed by atoms with van der Waals surface area (Å²) in [6.45, 7) is 1.31. The molecule has 0 radical (unpaired) electrons. The zero-order valence-electron chi connectivity index (χ0n) is 23.3. The van der Waals surface area contributed by atoms with Crippen LogP contribution < -0.4 is 9.62 Å². The van der Waals surface area contributed by atoms with Crippen LogP contribution in [0.3, 0.4) is 0 Å². The molecule has 0 heterocycles. The number of sulfonamides is 1. The van der Waals surface area contributed by atoms with E-state index in [9.17, 15) is 18.0 Å². The first-order valence-electron chi connectivity index (χ1n) is 13.5. The molecule has 11 heteroatoms. The third-order valence-corrected chi connectivity index (χ3v) is 9.55. The molecule has 224 valence electrons. The van der Waals surface area contributed by atoms with Crippen LogP contribution in [0.1, 0.15) is 18.1 Å². The molecule has 4 aromatic rings. The molecular formula is C32H30Cl3N3O4S. The van der Waals surface area contributed by atoms with E-state index in [1.807, 2.05) is 30.3 Å². The smallest absolute Gasteiger partial charge is 0.264 e. The molecule has 0 fully saturated rings. The standard InChI is InChI=1S/C32H30Cl3N3O4S/c1-2-36-32(40)30(20-23-12-5-3-6-13-23)37(21-25-26(33)17-11-18-27(25)34)31(39)22-38(29-19-10-9-16-28(29)35)43(41,42)24-14-7-4-8-15-24/h3-19,30H,2,20-22H2,1H3,(H,36,40)/t30-/m0/s1. The average molecular weight is 659 g/mol. The fourth-order valence-electron chi connectivity index (χ4n) is 4.59. The van der Waals surface area contributed by atoms with Crippen LogP contribution in [0, 0.1) is 0 Å². The van der Waals surface area contributed by atoms with Crippen molar-refractivity contribution in [2.75, 3.05) is 17.4 Å². The number of para-hydroxylation sites is 1. The van der Waals surface area contributed by atoms with E-state index >= 15 is 0 Å². The minimum atomic E-state index is -4.26. The van der Waals surface area contributed by atoms with Crippen molar-refractivity contribution in [2.24, 2.45) is 0 Å². The Morgan fingerprint density at radius 3 is 1.93 bits per heavy atom. The molecule has 2 amide bonds. The largest absolute Gasteiger partial charge is 0.355 e. The second-order valence-corrected chi connectivity index (χ2v) is 12.7. The van der Waals surface area contributed by atoms with Crippen molar-refractivity contribution in [2.45, 2.75) is 30.8 Å². The van der Waals surface area contributed by atoms with Crippen molar-refractivity contribution >= 4 is 62.3 Å². The van der Waals surface area contributed by atoms with Crippen molar-refractivity contribution in [3.63, 3.8) is 0 Å². The first kappa shape index (κ1) is 32.4. The summed E-state index contributed by atoms with van der Waals surface area (Å²) in [5.41, 5.74) is 1.35. The number of amides is 2. The molecule has 0 aromatic heterocycles. The van der Waals surface area contributed by atoms with Gasteiger partial charge in [0.05, 0.1) is 15.6 Å². The number of nitrogens with one attached hydrogen (secondary N) is 1. The number of hydrogen-bond acceptors (Lipinski definition) is 4. The molecule has 1 N–H and O–H groups in total. The van der Waals surface area contributed by atoms with Gasteiger partial charge in [-0.1, -0.05) is 102 Å². The van der Waals surface area contributed by atoms with Crippen molar-refractivity contribution in [1.82, 2.24) is 10.2 Å². The number of carbonyl (C=O) groups is 2. The third-order valence-electron chi connectivity index (χ3n) is 6.74. The van der Waals surface area contributed by atoms with Crippen molar-refractivity contribution < 1.29 is 18.0 Å². The highest BCUT2D eigenvalue weighted by Gasteiger charge is 2.35. The zero-order valence-corrected chi connectivity index (χ0v) is 26.4. The van der Waals surface area contributed by atoms with Crippen LogP contribution in [0.25, 0.3) is 0 Å². The minimum Gasteiger partial charge on any atom is -0.355 e. The molecule has 0 aliphatic heterocycles. The Labute approximate surface area is 267 Å². The maximum absolute atomic E-state index is 14.4. The van der Waals surface area contributed by atoms with Crippen LogP contribution in [-0.2, 0) is 32.6 Å². The van der Waals surface area contributed by atoms with E-state index in [2.05, 4.69) is 5.32 Å². The van der Waals surface area contributed by atoms with Gasteiger partial charge in [0.25, 0.3) is 10.0 Å². The molecule has 7 nitrogen and oxygen atoms in total. The van der Waals surface area contributed by atoms with Gasteiger partial charge in [0.2, 0.25) is 11.8 Å². The second kappa shape index (κ2) is 14.8. The number of hydrogen-bond donors (Lipinski definition) is 1. The van der Waals surface area contributed by atoms with Crippen LogP contribution in [0.2, 0.25) is 15.1 Å². The SMILES string of the molecule is CCNC(=O)[C@H](Cc1ccccc1)N(Cc1c(Cl)cccc1Cl)C(=O)CN(c1ccccc1Cl)S(=O)(=O)c1ccccc1. The summed E-state index contributed by atoms with van der Waals surface area (Å²) in [5.74, 6) is -1.05. The lowest BCUT2D eigenvalue weighted by molar-refractivity contribution is -0.140. The summed E-state index contributed by atoms with van der Waals surface area (Å²) >= 11 is 19.5. The van der Waals surface area contributed by atoms with Crippen molar-refractivity contribution in [1.29, 1.82) is 0 Å². The molecule has 0 unspecified atom stereocenters. The fraction of sp³-hybridized carbons (Fsp3) is 0.188. The molecule has 0 aliphatic carbocycles. The predicted octanol–water partition coefficient (Wildman–Crippen LogP) is 6.62. The van der Waals surface area contributed by atoms with Gasteiger partial charge in [-0.2, -0.15) is 0 Å². The van der Waals surface area contributed by atoms with Gasteiger partial charge in [-0.25, -0.2) is 8.42 Å². The number of benzene rings is 4. The number of nitrogens with zero attached hydrogens (tertiary/aromatic N) is 2. The van der Waals surface area contributed by atoms with Gasteiger partial charge in [-0.15, -0.1) is 0 Å². The second-order valence-electron chi connectivity index (χ2n) is 9.60. The Bertz CT molecular complexity index is 1650. The molecule has 43 heavy (non-hydrogen) atoms. The van der Waals surface area contributed by atoms with Gasteiger partial charge in [-0.3, -0.25) is 13.9 Å². The Kier molecular flexibility index (Phi) is 11.1. The number of rotatable bonds is 12. The Morgan fingerprint density at radius 1 is 0.767 bits per heavy atom. The zero-order chi connectivity index (χ0) is 31.0. The number of anilines is 1. The van der Waals surface area contributed by atoms with Crippen LogP contribution in [0.4, 0.5) is 5.69 Å². The van der Waals surface area contributed by atoms with Gasteiger partial charge < -0.3 is 10.2 Å². The van der Waals surface area contributed by atoms with E-state index in [1.54, 1.807) is 61.5 Å². The summed E-state index contributed by atoms with van der Waals surface area (Å²) in [6, 6.07) is 27.3. The van der Waals surface area contributed by atoms with E-state index in [0.29, 0.717) is 22.2 Å². The minimum absolute atomic E-state index is 0.0204. The monoisotopic (exact) mass is 657 g/mol. The lowest BCUT2D eigenvalue weighted by atomic mass is 10.0. The topological polar surface area (TPSA) is 86.8 Å². The first-order chi connectivity index (χ1) is 20.6. The Morgan fingerprint density at radius 2 is 1.33 bits per heavy atom. The van der Waals surface area contributed by atoms with Gasteiger partial charge in [-0.05, 0) is 48.9 Å².